The highest BCUT2D eigenvalue weighted by molar-refractivity contribution is 5.83. The lowest BCUT2D eigenvalue weighted by Crippen LogP contribution is -2.24. The third kappa shape index (κ3) is 4.02. The molecule has 0 atom stereocenters. The molecule has 9 heteroatoms. The number of fused-ring (bicyclic) bond motifs is 1. The first kappa shape index (κ1) is 16.2. The monoisotopic (exact) mass is 343 g/mol. The Morgan fingerprint density at radius 2 is 2.08 bits per heavy atom. The Morgan fingerprint density at radius 3 is 2.92 bits per heavy atom. The fourth-order valence-corrected chi connectivity index (χ4v) is 2.08. The third-order valence-electron chi connectivity index (χ3n) is 3.22. The van der Waals surface area contributed by atoms with Crippen LogP contribution in [0.4, 0.5) is 5.69 Å². The minimum atomic E-state index is -0.578. The third-order valence-corrected chi connectivity index (χ3v) is 3.22. The van der Waals surface area contributed by atoms with E-state index in [9.17, 15) is 14.9 Å². The van der Waals surface area contributed by atoms with Crippen molar-refractivity contribution in [2.45, 2.75) is 0 Å². The minimum Gasteiger partial charge on any atom is -0.477 e. The molecule has 1 heterocycles. The van der Waals surface area contributed by atoms with E-state index >= 15 is 0 Å². The van der Waals surface area contributed by atoms with Crippen molar-refractivity contribution in [3.63, 3.8) is 0 Å². The highest BCUT2D eigenvalue weighted by Crippen LogP contribution is 2.32. The Kier molecular flexibility index (Phi) is 4.74. The van der Waals surface area contributed by atoms with Gasteiger partial charge in [-0.1, -0.05) is 12.1 Å². The molecule has 2 aromatic rings. The molecule has 1 aliphatic rings. The van der Waals surface area contributed by atoms with Crippen LogP contribution < -0.4 is 19.6 Å². The highest BCUT2D eigenvalue weighted by atomic mass is 16.7. The van der Waals surface area contributed by atoms with Crippen LogP contribution in [0.25, 0.3) is 0 Å². The number of hydrogen-bond acceptors (Lipinski definition) is 7. The number of rotatable bonds is 6. The van der Waals surface area contributed by atoms with Gasteiger partial charge in [-0.3, -0.25) is 14.9 Å². The summed E-state index contributed by atoms with van der Waals surface area (Å²) in [5, 5.41) is 14.7. The predicted octanol–water partition coefficient (Wildman–Crippen LogP) is 1.85. The number of nitro groups is 1. The van der Waals surface area contributed by atoms with Gasteiger partial charge in [0.15, 0.2) is 23.9 Å². The van der Waals surface area contributed by atoms with Crippen molar-refractivity contribution < 1.29 is 23.9 Å². The Labute approximate surface area is 142 Å². The molecule has 0 aromatic heterocycles. The summed E-state index contributed by atoms with van der Waals surface area (Å²) in [4.78, 5) is 22.0. The molecule has 9 nitrogen and oxygen atoms in total. The van der Waals surface area contributed by atoms with Gasteiger partial charge in [0.1, 0.15) is 0 Å². The SMILES string of the molecule is O=C(COc1ccccc1[N+](=O)[O-])N/N=C\c1ccc2c(c1)OCO2. The fourth-order valence-electron chi connectivity index (χ4n) is 2.08. The maximum Gasteiger partial charge on any atom is 0.310 e. The van der Waals surface area contributed by atoms with Crippen LogP contribution in [0, 0.1) is 10.1 Å². The van der Waals surface area contributed by atoms with E-state index < -0.39 is 17.4 Å². The van der Waals surface area contributed by atoms with Crippen molar-refractivity contribution >= 4 is 17.8 Å². The molecule has 3 rings (SSSR count). The number of hydrogen-bond donors (Lipinski definition) is 1. The second-order valence-electron chi connectivity index (χ2n) is 4.92. The van der Waals surface area contributed by atoms with Crippen LogP contribution in [-0.4, -0.2) is 30.4 Å². The van der Waals surface area contributed by atoms with Crippen LogP contribution in [0.15, 0.2) is 47.6 Å². The zero-order chi connectivity index (χ0) is 17.6. The van der Waals surface area contributed by atoms with Crippen LogP contribution in [-0.2, 0) is 4.79 Å². The van der Waals surface area contributed by atoms with Crippen molar-refractivity contribution in [1.82, 2.24) is 5.43 Å². The molecule has 0 bridgehead atoms. The number of nitrogens with one attached hydrogen (secondary N) is 1. The van der Waals surface area contributed by atoms with Gasteiger partial charge in [-0.15, -0.1) is 0 Å². The highest BCUT2D eigenvalue weighted by Gasteiger charge is 2.15. The minimum absolute atomic E-state index is 0.0161. The Morgan fingerprint density at radius 1 is 1.28 bits per heavy atom. The Balaban J connectivity index is 1.52. The van der Waals surface area contributed by atoms with Crippen LogP contribution in [0.5, 0.6) is 17.2 Å². The lowest BCUT2D eigenvalue weighted by Gasteiger charge is -2.05. The van der Waals surface area contributed by atoms with E-state index in [0.717, 1.165) is 0 Å². The van der Waals surface area contributed by atoms with Crippen molar-refractivity contribution in [2.24, 2.45) is 5.10 Å². The fraction of sp³-hybridized carbons (Fsp3) is 0.125. The van der Waals surface area contributed by atoms with Crippen LogP contribution in [0.2, 0.25) is 0 Å². The molecule has 2 aromatic carbocycles. The summed E-state index contributed by atoms with van der Waals surface area (Å²) in [6.07, 6.45) is 1.44. The zero-order valence-electron chi connectivity index (χ0n) is 12.9. The van der Waals surface area contributed by atoms with E-state index in [2.05, 4.69) is 10.5 Å². The number of carbonyl (C=O) groups excluding carboxylic acids is 1. The molecule has 0 unspecified atom stereocenters. The normalized spacial score (nSPS) is 12.2. The lowest BCUT2D eigenvalue weighted by molar-refractivity contribution is -0.385. The maximum atomic E-state index is 11.7. The summed E-state index contributed by atoms with van der Waals surface area (Å²) in [6.45, 7) is -0.223. The molecule has 1 N–H and O–H groups in total. The van der Waals surface area contributed by atoms with E-state index in [1.54, 1.807) is 24.3 Å². The van der Waals surface area contributed by atoms with Gasteiger partial charge < -0.3 is 14.2 Å². The number of para-hydroxylation sites is 2. The van der Waals surface area contributed by atoms with Gasteiger partial charge in [0.25, 0.3) is 5.91 Å². The molecular weight excluding hydrogens is 330 g/mol. The first-order valence-electron chi connectivity index (χ1n) is 7.21. The van der Waals surface area contributed by atoms with Gasteiger partial charge >= 0.3 is 5.69 Å². The van der Waals surface area contributed by atoms with Crippen LogP contribution >= 0.6 is 0 Å². The topological polar surface area (TPSA) is 112 Å². The van der Waals surface area contributed by atoms with Crippen LogP contribution in [0.1, 0.15) is 5.56 Å². The predicted molar refractivity (Wildman–Crippen MR) is 86.9 cm³/mol. The van der Waals surface area contributed by atoms with Gasteiger partial charge in [-0.25, -0.2) is 5.43 Å². The molecule has 0 radical (unpaired) electrons. The average Bonchev–Trinajstić information content (AvgIpc) is 3.08. The lowest BCUT2D eigenvalue weighted by atomic mass is 10.2. The van der Waals surface area contributed by atoms with Crippen molar-refractivity contribution in [3.05, 3.63) is 58.1 Å². The van der Waals surface area contributed by atoms with E-state index in [-0.39, 0.29) is 18.2 Å². The first-order chi connectivity index (χ1) is 12.1. The van der Waals surface area contributed by atoms with Gasteiger partial charge in [0.05, 0.1) is 11.1 Å². The van der Waals surface area contributed by atoms with Crippen LogP contribution in [0.3, 0.4) is 0 Å². The maximum absolute atomic E-state index is 11.7. The second-order valence-corrected chi connectivity index (χ2v) is 4.92. The van der Waals surface area contributed by atoms with Crippen molar-refractivity contribution in [1.29, 1.82) is 0 Å². The van der Waals surface area contributed by atoms with E-state index in [0.29, 0.717) is 17.1 Å². The first-order valence-corrected chi connectivity index (χ1v) is 7.21. The molecule has 1 aliphatic heterocycles. The second kappa shape index (κ2) is 7.30. The number of benzene rings is 2. The summed E-state index contributed by atoms with van der Waals surface area (Å²) in [7, 11) is 0. The quantitative estimate of drug-likeness (QED) is 0.487. The number of hydrazone groups is 1. The van der Waals surface area contributed by atoms with Gasteiger partial charge in [0, 0.05) is 6.07 Å². The number of amides is 1. The molecular formula is C16H13N3O6. The van der Waals surface area contributed by atoms with E-state index in [1.807, 2.05) is 0 Å². The van der Waals surface area contributed by atoms with E-state index in [1.165, 1.54) is 24.4 Å². The molecule has 0 spiro atoms. The van der Waals surface area contributed by atoms with Gasteiger partial charge in [0.2, 0.25) is 6.79 Å². The van der Waals surface area contributed by atoms with Gasteiger partial charge in [-0.05, 0) is 29.8 Å². The van der Waals surface area contributed by atoms with Gasteiger partial charge in [-0.2, -0.15) is 5.10 Å². The molecule has 128 valence electrons. The summed E-state index contributed by atoms with van der Waals surface area (Å²) < 4.78 is 15.6. The summed E-state index contributed by atoms with van der Waals surface area (Å²) in [5.74, 6) is 0.728. The number of carbonyl (C=O) groups is 1. The number of nitrogens with zero attached hydrogens (tertiary/aromatic N) is 2. The summed E-state index contributed by atoms with van der Waals surface area (Å²) >= 11 is 0. The van der Waals surface area contributed by atoms with Crippen molar-refractivity contribution in [2.75, 3.05) is 13.4 Å². The summed E-state index contributed by atoms with van der Waals surface area (Å²) in [5.41, 5.74) is 2.78. The summed E-state index contributed by atoms with van der Waals surface area (Å²) in [6, 6.07) is 11.0. The largest absolute Gasteiger partial charge is 0.477 e. The molecule has 1 amide bonds. The standard InChI is InChI=1S/C16H13N3O6/c20-16(9-23-13-4-2-1-3-12(13)19(21)22)18-17-8-11-5-6-14-15(7-11)25-10-24-14/h1-8H,9-10H2,(H,18,20)/b17-8-. The molecule has 0 saturated heterocycles. The Hall–Kier alpha value is -3.62. The van der Waals surface area contributed by atoms with E-state index in [4.69, 9.17) is 14.2 Å². The zero-order valence-corrected chi connectivity index (χ0v) is 12.9. The molecule has 25 heavy (non-hydrogen) atoms. The molecule has 0 aliphatic carbocycles. The number of nitro benzene ring substituents is 1. The smallest absolute Gasteiger partial charge is 0.310 e. The Bertz CT molecular complexity index is 836. The number of ether oxygens (including phenoxy) is 3. The van der Waals surface area contributed by atoms with Crippen molar-refractivity contribution in [3.8, 4) is 17.2 Å². The molecule has 0 fully saturated rings. The average molecular weight is 343 g/mol. The molecule has 0 saturated carbocycles.